The molecule has 0 aromatic heterocycles. The minimum Gasteiger partial charge on any atom is -0.0623 e. The molecular formula is C9H18. The van der Waals surface area contributed by atoms with Gasteiger partial charge in [0.1, 0.15) is 0 Å². The first kappa shape index (κ1) is 7.11. The molecule has 0 aromatic carbocycles. The summed E-state index contributed by atoms with van der Waals surface area (Å²) in [4.78, 5) is 0. The summed E-state index contributed by atoms with van der Waals surface area (Å²) in [5.41, 5.74) is 0. The van der Waals surface area contributed by atoms with Gasteiger partial charge in [-0.2, -0.15) is 0 Å². The second-order valence-electron chi connectivity index (χ2n) is 3.59. The molecule has 2 atom stereocenters. The fourth-order valence-corrected chi connectivity index (χ4v) is 1.68. The lowest BCUT2D eigenvalue weighted by Gasteiger charge is -2.14. The normalized spacial score (nSPS) is 38.0. The van der Waals surface area contributed by atoms with E-state index in [0.717, 1.165) is 11.8 Å². The SMILES string of the molecule is CC1CCCCCC1C. The van der Waals surface area contributed by atoms with E-state index in [2.05, 4.69) is 13.8 Å². The first-order valence-electron chi connectivity index (χ1n) is 4.30. The second kappa shape index (κ2) is 3.24. The molecule has 1 aliphatic rings. The Hall–Kier alpha value is 0. The first-order valence-corrected chi connectivity index (χ1v) is 4.30. The molecule has 0 amide bonds. The molecule has 0 heteroatoms. The summed E-state index contributed by atoms with van der Waals surface area (Å²) >= 11 is 0. The van der Waals surface area contributed by atoms with E-state index >= 15 is 0 Å². The molecule has 1 saturated carbocycles. The fraction of sp³-hybridized carbons (Fsp3) is 1.00. The van der Waals surface area contributed by atoms with Crippen LogP contribution in [-0.2, 0) is 0 Å². The highest BCUT2D eigenvalue weighted by Crippen LogP contribution is 2.27. The Morgan fingerprint density at radius 1 is 0.778 bits per heavy atom. The largest absolute Gasteiger partial charge is 0.0623 e. The molecule has 2 unspecified atom stereocenters. The van der Waals surface area contributed by atoms with Crippen molar-refractivity contribution in [2.24, 2.45) is 11.8 Å². The quantitative estimate of drug-likeness (QED) is 0.437. The van der Waals surface area contributed by atoms with Gasteiger partial charge in [-0.1, -0.05) is 46.0 Å². The summed E-state index contributed by atoms with van der Waals surface area (Å²) in [5, 5.41) is 0. The van der Waals surface area contributed by atoms with Crippen molar-refractivity contribution in [1.82, 2.24) is 0 Å². The van der Waals surface area contributed by atoms with Crippen LogP contribution in [0.3, 0.4) is 0 Å². The van der Waals surface area contributed by atoms with E-state index in [4.69, 9.17) is 0 Å². The van der Waals surface area contributed by atoms with Crippen LogP contribution in [0.1, 0.15) is 46.0 Å². The van der Waals surface area contributed by atoms with Gasteiger partial charge in [-0.25, -0.2) is 0 Å². The van der Waals surface area contributed by atoms with Gasteiger partial charge in [-0.05, 0) is 11.8 Å². The predicted molar refractivity (Wildman–Crippen MR) is 41.4 cm³/mol. The van der Waals surface area contributed by atoms with Gasteiger partial charge in [-0.15, -0.1) is 0 Å². The minimum atomic E-state index is 0.993. The van der Waals surface area contributed by atoms with Gasteiger partial charge in [0.25, 0.3) is 0 Å². The van der Waals surface area contributed by atoms with E-state index in [0.29, 0.717) is 0 Å². The average Bonchev–Trinajstić information content (AvgIpc) is 1.99. The topological polar surface area (TPSA) is 0 Å². The summed E-state index contributed by atoms with van der Waals surface area (Å²) in [5.74, 6) is 1.99. The summed E-state index contributed by atoms with van der Waals surface area (Å²) in [6.45, 7) is 4.80. The summed E-state index contributed by atoms with van der Waals surface area (Å²) < 4.78 is 0. The van der Waals surface area contributed by atoms with Crippen LogP contribution in [0.5, 0.6) is 0 Å². The molecule has 0 spiro atoms. The Balaban J connectivity index is 2.32. The number of rotatable bonds is 0. The van der Waals surface area contributed by atoms with Gasteiger partial charge < -0.3 is 0 Å². The summed E-state index contributed by atoms with van der Waals surface area (Å²) in [7, 11) is 0. The van der Waals surface area contributed by atoms with Crippen LogP contribution in [0.2, 0.25) is 0 Å². The Labute approximate surface area is 58.7 Å². The highest BCUT2D eigenvalue weighted by atomic mass is 14.2. The lowest BCUT2D eigenvalue weighted by molar-refractivity contribution is 0.367. The van der Waals surface area contributed by atoms with Crippen molar-refractivity contribution in [2.75, 3.05) is 0 Å². The maximum Gasteiger partial charge on any atom is -0.0417 e. The molecule has 0 N–H and O–H groups in total. The van der Waals surface area contributed by atoms with Gasteiger partial charge in [0, 0.05) is 0 Å². The molecule has 0 aromatic rings. The van der Waals surface area contributed by atoms with E-state index in [1.807, 2.05) is 0 Å². The molecule has 1 aliphatic carbocycles. The Kier molecular flexibility index (Phi) is 2.56. The molecule has 54 valence electrons. The Bertz CT molecular complexity index is 66.1. The third kappa shape index (κ3) is 2.00. The van der Waals surface area contributed by atoms with Crippen molar-refractivity contribution in [2.45, 2.75) is 46.0 Å². The maximum absolute atomic E-state index is 2.40. The second-order valence-corrected chi connectivity index (χ2v) is 3.59. The molecule has 1 fully saturated rings. The summed E-state index contributed by atoms with van der Waals surface area (Å²) in [6, 6.07) is 0. The molecule has 1 rings (SSSR count). The average molecular weight is 126 g/mol. The van der Waals surface area contributed by atoms with Crippen molar-refractivity contribution >= 4 is 0 Å². The molecule has 0 heterocycles. The lowest BCUT2D eigenvalue weighted by atomic mass is 9.92. The van der Waals surface area contributed by atoms with Crippen molar-refractivity contribution in [3.8, 4) is 0 Å². The van der Waals surface area contributed by atoms with E-state index in [1.165, 1.54) is 32.1 Å². The van der Waals surface area contributed by atoms with Crippen LogP contribution >= 0.6 is 0 Å². The fourth-order valence-electron chi connectivity index (χ4n) is 1.68. The van der Waals surface area contributed by atoms with E-state index in [9.17, 15) is 0 Å². The molecule has 0 saturated heterocycles. The van der Waals surface area contributed by atoms with Gasteiger partial charge in [0.05, 0.1) is 0 Å². The molecule has 0 aliphatic heterocycles. The molecule has 9 heavy (non-hydrogen) atoms. The zero-order valence-corrected chi connectivity index (χ0v) is 6.69. The maximum atomic E-state index is 2.40. The lowest BCUT2D eigenvalue weighted by Crippen LogP contribution is -2.04. The van der Waals surface area contributed by atoms with Crippen LogP contribution in [-0.4, -0.2) is 0 Å². The zero-order chi connectivity index (χ0) is 6.69. The third-order valence-corrected chi connectivity index (χ3v) is 2.79. The van der Waals surface area contributed by atoms with Crippen LogP contribution in [0, 0.1) is 11.8 Å². The first-order chi connectivity index (χ1) is 4.30. The van der Waals surface area contributed by atoms with Crippen LogP contribution < -0.4 is 0 Å². The molecule has 0 radical (unpaired) electrons. The van der Waals surface area contributed by atoms with Crippen LogP contribution in [0.4, 0.5) is 0 Å². The summed E-state index contributed by atoms with van der Waals surface area (Å²) in [6.07, 6.45) is 7.38. The number of hydrogen-bond acceptors (Lipinski definition) is 0. The van der Waals surface area contributed by atoms with Crippen LogP contribution in [0.15, 0.2) is 0 Å². The van der Waals surface area contributed by atoms with Crippen molar-refractivity contribution in [3.05, 3.63) is 0 Å². The standard InChI is InChI=1S/C9H18/c1-8-6-4-3-5-7-9(8)2/h8-9H,3-7H2,1-2H3. The van der Waals surface area contributed by atoms with Gasteiger partial charge in [0.15, 0.2) is 0 Å². The molecular weight excluding hydrogens is 108 g/mol. The predicted octanol–water partition coefficient (Wildman–Crippen LogP) is 3.22. The van der Waals surface area contributed by atoms with Crippen molar-refractivity contribution in [1.29, 1.82) is 0 Å². The minimum absolute atomic E-state index is 0.993. The highest BCUT2D eigenvalue weighted by Gasteiger charge is 2.14. The Morgan fingerprint density at radius 3 is 1.67 bits per heavy atom. The zero-order valence-electron chi connectivity index (χ0n) is 6.69. The van der Waals surface area contributed by atoms with E-state index < -0.39 is 0 Å². The van der Waals surface area contributed by atoms with E-state index in [-0.39, 0.29) is 0 Å². The monoisotopic (exact) mass is 126 g/mol. The van der Waals surface area contributed by atoms with Crippen molar-refractivity contribution < 1.29 is 0 Å². The molecule has 0 nitrogen and oxygen atoms in total. The van der Waals surface area contributed by atoms with E-state index in [1.54, 1.807) is 0 Å². The van der Waals surface area contributed by atoms with Gasteiger partial charge in [-0.3, -0.25) is 0 Å². The number of hydrogen-bond donors (Lipinski definition) is 0. The van der Waals surface area contributed by atoms with Gasteiger partial charge in [0.2, 0.25) is 0 Å². The third-order valence-electron chi connectivity index (χ3n) is 2.79. The van der Waals surface area contributed by atoms with Crippen molar-refractivity contribution in [3.63, 3.8) is 0 Å². The Morgan fingerprint density at radius 2 is 1.22 bits per heavy atom. The molecule has 0 bridgehead atoms. The van der Waals surface area contributed by atoms with Gasteiger partial charge >= 0.3 is 0 Å². The highest BCUT2D eigenvalue weighted by molar-refractivity contribution is 4.66. The smallest absolute Gasteiger partial charge is 0.0417 e. The van der Waals surface area contributed by atoms with Crippen LogP contribution in [0.25, 0.3) is 0 Å².